The highest BCUT2D eigenvalue weighted by molar-refractivity contribution is 5.42. The molecule has 0 amide bonds. The minimum Gasteiger partial charge on any atom is -0.496 e. The van der Waals surface area contributed by atoms with Crippen molar-refractivity contribution in [1.29, 1.82) is 0 Å². The lowest BCUT2D eigenvalue weighted by Crippen LogP contribution is -2.37. The van der Waals surface area contributed by atoms with E-state index in [4.69, 9.17) is 4.74 Å². The number of benzene rings is 1. The number of ether oxygens (including phenoxy) is 1. The fourth-order valence-electron chi connectivity index (χ4n) is 2.68. The van der Waals surface area contributed by atoms with Crippen molar-refractivity contribution in [2.75, 3.05) is 26.7 Å². The number of nitro benzene ring substituents is 1. The number of methoxy groups -OCH3 is 1. The van der Waals surface area contributed by atoms with E-state index in [1.54, 1.807) is 6.07 Å². The molecule has 0 radical (unpaired) electrons. The van der Waals surface area contributed by atoms with Gasteiger partial charge in [-0.2, -0.15) is 0 Å². The molecule has 0 saturated carbocycles. The number of rotatable bonds is 7. The molecule has 116 valence electrons. The molecular weight excluding hydrogens is 270 g/mol. The van der Waals surface area contributed by atoms with E-state index in [1.165, 1.54) is 39.1 Å². The van der Waals surface area contributed by atoms with Crippen LogP contribution in [-0.2, 0) is 6.54 Å². The average Bonchev–Trinajstić information content (AvgIpc) is 2.97. The average molecular weight is 293 g/mol. The maximum absolute atomic E-state index is 10.9. The molecule has 1 aliphatic heterocycles. The third-order valence-corrected chi connectivity index (χ3v) is 3.78. The molecule has 6 heteroatoms. The molecule has 1 aromatic rings. The molecule has 0 bridgehead atoms. The van der Waals surface area contributed by atoms with Crippen LogP contribution in [0.1, 0.15) is 25.3 Å². The van der Waals surface area contributed by atoms with Crippen LogP contribution in [-0.4, -0.2) is 42.6 Å². The van der Waals surface area contributed by atoms with E-state index < -0.39 is 0 Å². The molecular formula is C15H23N3O3. The summed E-state index contributed by atoms with van der Waals surface area (Å²) in [6, 6.07) is 5.23. The Hall–Kier alpha value is -1.66. The first kappa shape index (κ1) is 15.7. The molecule has 1 aromatic carbocycles. The Morgan fingerprint density at radius 3 is 2.71 bits per heavy atom. The molecule has 1 N–H and O–H groups in total. The van der Waals surface area contributed by atoms with Crippen molar-refractivity contribution in [2.24, 2.45) is 0 Å². The number of likely N-dealkylation sites (tertiary alicyclic amines) is 1. The van der Waals surface area contributed by atoms with Crippen molar-refractivity contribution in [1.82, 2.24) is 10.2 Å². The van der Waals surface area contributed by atoms with Gasteiger partial charge in [0.1, 0.15) is 5.75 Å². The number of hydrogen-bond acceptors (Lipinski definition) is 5. The fourth-order valence-corrected chi connectivity index (χ4v) is 2.68. The lowest BCUT2D eigenvalue weighted by Gasteiger charge is -2.21. The maximum atomic E-state index is 10.9. The van der Waals surface area contributed by atoms with Gasteiger partial charge in [-0.1, -0.05) is 0 Å². The first-order valence-corrected chi connectivity index (χ1v) is 7.36. The van der Waals surface area contributed by atoms with E-state index in [1.807, 2.05) is 6.07 Å². The highest BCUT2D eigenvalue weighted by Crippen LogP contribution is 2.22. The van der Waals surface area contributed by atoms with E-state index in [0.29, 0.717) is 18.3 Å². The minimum atomic E-state index is -0.389. The van der Waals surface area contributed by atoms with Gasteiger partial charge in [-0.05, 0) is 44.5 Å². The summed E-state index contributed by atoms with van der Waals surface area (Å²) in [5.74, 6) is 0.521. The smallest absolute Gasteiger partial charge is 0.273 e. The fraction of sp³-hybridized carbons (Fsp3) is 0.600. The van der Waals surface area contributed by atoms with Crippen LogP contribution >= 0.6 is 0 Å². The van der Waals surface area contributed by atoms with E-state index >= 15 is 0 Å². The predicted molar refractivity (Wildman–Crippen MR) is 81.6 cm³/mol. The van der Waals surface area contributed by atoms with Gasteiger partial charge in [0, 0.05) is 25.2 Å². The lowest BCUT2D eigenvalue weighted by atomic mass is 10.1. The quantitative estimate of drug-likeness (QED) is 0.616. The summed E-state index contributed by atoms with van der Waals surface area (Å²) in [6.45, 7) is 6.12. The van der Waals surface area contributed by atoms with Crippen LogP contribution in [0.3, 0.4) is 0 Å². The second-order valence-electron chi connectivity index (χ2n) is 5.59. The summed E-state index contributed by atoms with van der Waals surface area (Å²) in [4.78, 5) is 13.0. The SMILES string of the molecule is COc1cc(CNC(C)CN2CCCC2)cc([N+](=O)[O-])c1. The van der Waals surface area contributed by atoms with Crippen molar-refractivity contribution >= 4 is 5.69 Å². The van der Waals surface area contributed by atoms with E-state index in [-0.39, 0.29) is 10.6 Å². The second-order valence-corrected chi connectivity index (χ2v) is 5.59. The Kier molecular flexibility index (Phi) is 5.52. The molecule has 1 unspecified atom stereocenters. The van der Waals surface area contributed by atoms with Crippen LogP contribution in [0, 0.1) is 10.1 Å². The summed E-state index contributed by atoms with van der Waals surface area (Å²) in [6.07, 6.45) is 2.57. The van der Waals surface area contributed by atoms with Crippen LogP contribution in [0.2, 0.25) is 0 Å². The molecule has 1 atom stereocenters. The second kappa shape index (κ2) is 7.38. The van der Waals surface area contributed by atoms with Crippen molar-refractivity contribution in [3.8, 4) is 5.75 Å². The molecule has 0 aliphatic carbocycles. The standard InChI is InChI=1S/C15H23N3O3/c1-12(11-17-5-3-4-6-17)16-10-13-7-14(18(19)20)9-15(8-13)21-2/h7-9,12,16H,3-6,10-11H2,1-2H3. The van der Waals surface area contributed by atoms with Crippen LogP contribution in [0.5, 0.6) is 5.75 Å². The summed E-state index contributed by atoms with van der Waals surface area (Å²) < 4.78 is 5.12. The number of hydrogen-bond donors (Lipinski definition) is 1. The van der Waals surface area contributed by atoms with Crippen molar-refractivity contribution < 1.29 is 9.66 Å². The van der Waals surface area contributed by atoms with Gasteiger partial charge in [0.25, 0.3) is 5.69 Å². The number of nitrogens with one attached hydrogen (secondary N) is 1. The minimum absolute atomic E-state index is 0.0679. The first-order valence-electron chi connectivity index (χ1n) is 7.36. The summed E-state index contributed by atoms with van der Waals surface area (Å²) in [5, 5.41) is 14.3. The molecule has 2 rings (SSSR count). The molecule has 1 saturated heterocycles. The molecule has 0 aromatic heterocycles. The van der Waals surface area contributed by atoms with Gasteiger partial charge < -0.3 is 15.0 Å². The molecule has 0 spiro atoms. The zero-order valence-electron chi connectivity index (χ0n) is 12.7. The Morgan fingerprint density at radius 2 is 2.10 bits per heavy atom. The van der Waals surface area contributed by atoms with Crippen LogP contribution in [0.15, 0.2) is 18.2 Å². The molecule has 1 aliphatic rings. The molecule has 1 fully saturated rings. The van der Waals surface area contributed by atoms with Gasteiger partial charge in [0.2, 0.25) is 0 Å². The highest BCUT2D eigenvalue weighted by atomic mass is 16.6. The van der Waals surface area contributed by atoms with Crippen molar-refractivity contribution in [3.63, 3.8) is 0 Å². The Morgan fingerprint density at radius 1 is 1.38 bits per heavy atom. The van der Waals surface area contributed by atoms with Gasteiger partial charge in [-0.3, -0.25) is 10.1 Å². The number of non-ortho nitro benzene ring substituents is 1. The Bertz CT molecular complexity index is 487. The van der Waals surface area contributed by atoms with Gasteiger partial charge in [0.05, 0.1) is 18.1 Å². The van der Waals surface area contributed by atoms with E-state index in [2.05, 4.69) is 17.1 Å². The third kappa shape index (κ3) is 4.68. The normalized spacial score (nSPS) is 16.9. The van der Waals surface area contributed by atoms with Crippen LogP contribution < -0.4 is 10.1 Å². The lowest BCUT2D eigenvalue weighted by molar-refractivity contribution is -0.385. The summed E-state index contributed by atoms with van der Waals surface area (Å²) >= 11 is 0. The molecule has 1 heterocycles. The van der Waals surface area contributed by atoms with Gasteiger partial charge in [0.15, 0.2) is 0 Å². The third-order valence-electron chi connectivity index (χ3n) is 3.78. The monoisotopic (exact) mass is 293 g/mol. The largest absolute Gasteiger partial charge is 0.496 e. The zero-order valence-corrected chi connectivity index (χ0v) is 12.7. The number of nitro groups is 1. The van der Waals surface area contributed by atoms with E-state index in [9.17, 15) is 10.1 Å². The highest BCUT2D eigenvalue weighted by Gasteiger charge is 2.15. The number of nitrogens with zero attached hydrogens (tertiary/aromatic N) is 2. The van der Waals surface area contributed by atoms with Crippen molar-refractivity contribution in [2.45, 2.75) is 32.4 Å². The zero-order chi connectivity index (χ0) is 15.2. The first-order chi connectivity index (χ1) is 10.1. The predicted octanol–water partition coefficient (Wildman–Crippen LogP) is 2.18. The summed E-state index contributed by atoms with van der Waals surface area (Å²) in [5.41, 5.74) is 0.938. The topological polar surface area (TPSA) is 67.6 Å². The van der Waals surface area contributed by atoms with Crippen molar-refractivity contribution in [3.05, 3.63) is 33.9 Å². The van der Waals surface area contributed by atoms with Crippen LogP contribution in [0.25, 0.3) is 0 Å². The van der Waals surface area contributed by atoms with Gasteiger partial charge in [-0.25, -0.2) is 0 Å². The van der Waals surface area contributed by atoms with Gasteiger partial charge >= 0.3 is 0 Å². The van der Waals surface area contributed by atoms with E-state index in [0.717, 1.165) is 12.1 Å². The molecule has 6 nitrogen and oxygen atoms in total. The summed E-state index contributed by atoms with van der Waals surface area (Å²) in [7, 11) is 1.52. The van der Waals surface area contributed by atoms with Gasteiger partial charge in [-0.15, -0.1) is 0 Å². The Balaban J connectivity index is 1.92. The van der Waals surface area contributed by atoms with Crippen LogP contribution in [0.4, 0.5) is 5.69 Å². The maximum Gasteiger partial charge on any atom is 0.273 e. The Labute approximate surface area is 125 Å². The molecule has 21 heavy (non-hydrogen) atoms.